The molecule has 0 radical (unpaired) electrons. The van der Waals surface area contributed by atoms with E-state index in [1.807, 2.05) is 12.4 Å². The molecule has 0 saturated heterocycles. The molecule has 0 bridgehead atoms. The molecular formula is C17H24N2O. The molecule has 0 saturated carbocycles. The van der Waals surface area contributed by atoms with Crippen molar-refractivity contribution in [1.82, 2.24) is 10.3 Å². The lowest BCUT2D eigenvalue weighted by molar-refractivity contribution is 0.363. The second-order valence-electron chi connectivity index (χ2n) is 5.16. The summed E-state index contributed by atoms with van der Waals surface area (Å²) in [5.74, 6) is 2.42. The van der Waals surface area contributed by atoms with Crippen molar-refractivity contribution in [3.05, 3.63) is 53.7 Å². The fraction of sp³-hybridized carbons (Fsp3) is 0.471. The van der Waals surface area contributed by atoms with Gasteiger partial charge < -0.3 is 9.73 Å². The molecule has 2 heterocycles. The monoisotopic (exact) mass is 272 g/mol. The van der Waals surface area contributed by atoms with Gasteiger partial charge in [-0.1, -0.05) is 20.8 Å². The van der Waals surface area contributed by atoms with Gasteiger partial charge in [-0.3, -0.25) is 4.98 Å². The minimum atomic E-state index is 0.206. The summed E-state index contributed by atoms with van der Waals surface area (Å²) in [5, 5.41) is 3.61. The topological polar surface area (TPSA) is 38.1 Å². The van der Waals surface area contributed by atoms with Crippen LogP contribution in [0.2, 0.25) is 0 Å². The van der Waals surface area contributed by atoms with Crippen molar-refractivity contribution < 1.29 is 4.42 Å². The molecule has 108 valence electrons. The fourth-order valence-electron chi connectivity index (χ4n) is 2.43. The quantitative estimate of drug-likeness (QED) is 0.825. The van der Waals surface area contributed by atoms with Gasteiger partial charge in [0.15, 0.2) is 0 Å². The molecule has 3 nitrogen and oxygen atoms in total. The summed E-state index contributed by atoms with van der Waals surface area (Å²) < 4.78 is 5.96. The van der Waals surface area contributed by atoms with Crippen LogP contribution >= 0.6 is 0 Å². The predicted molar refractivity (Wildman–Crippen MR) is 81.8 cm³/mol. The van der Waals surface area contributed by atoms with Gasteiger partial charge in [-0.2, -0.15) is 0 Å². The van der Waals surface area contributed by atoms with E-state index in [-0.39, 0.29) is 6.04 Å². The molecule has 1 N–H and O–H groups in total. The average Bonchev–Trinajstić information content (AvgIpc) is 2.97. The van der Waals surface area contributed by atoms with E-state index >= 15 is 0 Å². The lowest BCUT2D eigenvalue weighted by Crippen LogP contribution is -2.26. The third-order valence-corrected chi connectivity index (χ3v) is 3.68. The average molecular weight is 272 g/mol. The lowest BCUT2D eigenvalue weighted by atomic mass is 9.92. The van der Waals surface area contributed by atoms with Crippen molar-refractivity contribution in [1.29, 1.82) is 0 Å². The maximum absolute atomic E-state index is 5.96. The molecule has 2 unspecified atom stereocenters. The molecular weight excluding hydrogens is 248 g/mol. The number of hydrogen-bond donors (Lipinski definition) is 1. The summed E-state index contributed by atoms with van der Waals surface area (Å²) in [5.41, 5.74) is 1.28. The molecule has 2 aromatic rings. The highest BCUT2D eigenvalue weighted by Gasteiger charge is 2.23. The SMILES string of the molecule is CCCNC(c1ccc(CC)o1)C(C)c1ccncc1. The minimum Gasteiger partial charge on any atom is -0.464 e. The fourth-order valence-corrected chi connectivity index (χ4v) is 2.43. The third kappa shape index (κ3) is 3.48. The van der Waals surface area contributed by atoms with Crippen LogP contribution in [0.1, 0.15) is 56.2 Å². The second kappa shape index (κ2) is 7.25. The lowest BCUT2D eigenvalue weighted by Gasteiger charge is -2.23. The Kier molecular flexibility index (Phi) is 5.36. The van der Waals surface area contributed by atoms with Crippen LogP contribution in [-0.4, -0.2) is 11.5 Å². The Bertz CT molecular complexity index is 507. The summed E-state index contributed by atoms with van der Waals surface area (Å²) in [4.78, 5) is 4.10. The van der Waals surface area contributed by atoms with Crippen molar-refractivity contribution in [2.75, 3.05) is 6.54 Å². The zero-order chi connectivity index (χ0) is 14.4. The zero-order valence-electron chi connectivity index (χ0n) is 12.6. The summed E-state index contributed by atoms with van der Waals surface area (Å²) in [6.07, 6.45) is 5.75. The summed E-state index contributed by atoms with van der Waals surface area (Å²) >= 11 is 0. The highest BCUT2D eigenvalue weighted by atomic mass is 16.3. The van der Waals surface area contributed by atoms with E-state index in [2.05, 4.69) is 55.3 Å². The third-order valence-electron chi connectivity index (χ3n) is 3.68. The number of nitrogens with zero attached hydrogens (tertiary/aromatic N) is 1. The summed E-state index contributed by atoms with van der Waals surface area (Å²) in [7, 11) is 0. The number of furan rings is 1. The second-order valence-corrected chi connectivity index (χ2v) is 5.16. The van der Waals surface area contributed by atoms with Gasteiger partial charge in [0.2, 0.25) is 0 Å². The van der Waals surface area contributed by atoms with Crippen molar-refractivity contribution in [2.45, 2.75) is 45.6 Å². The van der Waals surface area contributed by atoms with Crippen molar-refractivity contribution in [2.24, 2.45) is 0 Å². The van der Waals surface area contributed by atoms with Gasteiger partial charge in [0, 0.05) is 24.7 Å². The first-order valence-corrected chi connectivity index (χ1v) is 7.48. The van der Waals surface area contributed by atoms with Gasteiger partial charge in [0.1, 0.15) is 11.5 Å². The summed E-state index contributed by atoms with van der Waals surface area (Å²) in [6, 6.07) is 8.54. The van der Waals surface area contributed by atoms with Gasteiger partial charge in [-0.05, 0) is 42.8 Å². The van der Waals surface area contributed by atoms with E-state index in [9.17, 15) is 0 Å². The van der Waals surface area contributed by atoms with Gasteiger partial charge in [-0.15, -0.1) is 0 Å². The highest BCUT2D eigenvalue weighted by molar-refractivity contribution is 5.22. The van der Waals surface area contributed by atoms with E-state index in [0.717, 1.165) is 30.9 Å². The van der Waals surface area contributed by atoms with Gasteiger partial charge in [0.25, 0.3) is 0 Å². The maximum atomic E-state index is 5.96. The number of nitrogens with one attached hydrogen (secondary N) is 1. The number of hydrogen-bond acceptors (Lipinski definition) is 3. The van der Waals surface area contributed by atoms with Crippen LogP contribution in [0.5, 0.6) is 0 Å². The van der Waals surface area contributed by atoms with Crippen LogP contribution < -0.4 is 5.32 Å². The molecule has 0 aromatic carbocycles. The first kappa shape index (κ1) is 14.8. The molecule has 20 heavy (non-hydrogen) atoms. The number of aromatic nitrogens is 1. The largest absolute Gasteiger partial charge is 0.464 e. The molecule has 3 heteroatoms. The summed E-state index contributed by atoms with van der Waals surface area (Å²) in [6.45, 7) is 7.52. The molecule has 0 aliphatic carbocycles. The van der Waals surface area contributed by atoms with Crippen LogP contribution in [0.3, 0.4) is 0 Å². The van der Waals surface area contributed by atoms with Gasteiger partial charge in [-0.25, -0.2) is 0 Å². The Morgan fingerprint density at radius 1 is 1.15 bits per heavy atom. The van der Waals surface area contributed by atoms with Gasteiger partial charge >= 0.3 is 0 Å². The normalized spacial score (nSPS) is 14.2. The molecule has 0 aliphatic rings. The van der Waals surface area contributed by atoms with E-state index < -0.39 is 0 Å². The molecule has 0 fully saturated rings. The van der Waals surface area contributed by atoms with Crippen LogP contribution in [0.15, 0.2) is 41.1 Å². The van der Waals surface area contributed by atoms with Crippen molar-refractivity contribution in [3.63, 3.8) is 0 Å². The first-order chi connectivity index (χ1) is 9.76. The number of aryl methyl sites for hydroxylation is 1. The Morgan fingerprint density at radius 3 is 2.50 bits per heavy atom. The van der Waals surface area contributed by atoms with E-state index in [4.69, 9.17) is 4.42 Å². The minimum absolute atomic E-state index is 0.206. The Hall–Kier alpha value is -1.61. The van der Waals surface area contributed by atoms with Crippen LogP contribution in [0.25, 0.3) is 0 Å². The standard InChI is InChI=1S/C17H24N2O/c1-4-10-19-17(16-7-6-15(5-2)20-16)13(3)14-8-11-18-12-9-14/h6-9,11-13,17,19H,4-5,10H2,1-3H3. The Balaban J connectivity index is 2.22. The van der Waals surface area contributed by atoms with Crippen LogP contribution in [0, 0.1) is 0 Å². The van der Waals surface area contributed by atoms with Crippen LogP contribution in [-0.2, 0) is 6.42 Å². The van der Waals surface area contributed by atoms with Crippen molar-refractivity contribution in [3.8, 4) is 0 Å². The Morgan fingerprint density at radius 2 is 1.90 bits per heavy atom. The molecule has 0 aliphatic heterocycles. The number of rotatable bonds is 7. The van der Waals surface area contributed by atoms with Crippen molar-refractivity contribution >= 4 is 0 Å². The zero-order valence-corrected chi connectivity index (χ0v) is 12.6. The molecule has 0 amide bonds. The smallest absolute Gasteiger partial charge is 0.121 e. The van der Waals surface area contributed by atoms with E-state index in [1.54, 1.807) is 0 Å². The molecule has 2 rings (SSSR count). The molecule has 2 aromatic heterocycles. The molecule has 2 atom stereocenters. The first-order valence-electron chi connectivity index (χ1n) is 7.48. The highest BCUT2D eigenvalue weighted by Crippen LogP contribution is 2.31. The number of pyridine rings is 1. The molecule has 0 spiro atoms. The van der Waals surface area contributed by atoms with Gasteiger partial charge in [0.05, 0.1) is 6.04 Å². The Labute approximate surface area is 121 Å². The van der Waals surface area contributed by atoms with Crippen LogP contribution in [0.4, 0.5) is 0 Å². The van der Waals surface area contributed by atoms with E-state index in [1.165, 1.54) is 5.56 Å². The maximum Gasteiger partial charge on any atom is 0.121 e. The van der Waals surface area contributed by atoms with E-state index in [0.29, 0.717) is 5.92 Å². The predicted octanol–water partition coefficient (Wildman–Crippen LogP) is 4.08.